The minimum atomic E-state index is -0.488. The molecule has 1 heterocycles. The number of nitro groups is 1. The Morgan fingerprint density at radius 2 is 2.08 bits per heavy atom. The van der Waals surface area contributed by atoms with Crippen LogP contribution >= 0.6 is 0 Å². The minimum Gasteiger partial charge on any atom is -0.496 e. The molecule has 3 rings (SSSR count). The van der Waals surface area contributed by atoms with Gasteiger partial charge in [0.2, 0.25) is 0 Å². The van der Waals surface area contributed by atoms with Gasteiger partial charge in [-0.2, -0.15) is 0 Å². The minimum absolute atomic E-state index is 0.0900. The third-order valence-corrected chi connectivity index (χ3v) is 4.77. The van der Waals surface area contributed by atoms with E-state index in [1.165, 1.54) is 19.2 Å². The Labute approximate surface area is 151 Å². The Morgan fingerprint density at radius 1 is 1.31 bits per heavy atom. The van der Waals surface area contributed by atoms with E-state index in [0.717, 1.165) is 30.8 Å². The second-order valence-electron chi connectivity index (χ2n) is 6.21. The molecule has 1 fully saturated rings. The van der Waals surface area contributed by atoms with Gasteiger partial charge in [-0.15, -0.1) is 0 Å². The third-order valence-electron chi connectivity index (χ3n) is 4.77. The fraction of sp³-hybridized carbons (Fsp3) is 0.316. The van der Waals surface area contributed by atoms with Gasteiger partial charge in [0.05, 0.1) is 23.3 Å². The standard InChI is InChI=1S/C19H21N3O4/c1-20-19(23)16-11-14(22(24)25)7-8-17(16)21-10-9-13(12-21)15-5-3-4-6-18(15)26-2/h3-8,11,13H,9-10,12H2,1-2H3,(H,20,23). The molecule has 0 aromatic heterocycles. The van der Waals surface area contributed by atoms with Crippen molar-refractivity contribution in [1.82, 2.24) is 5.32 Å². The lowest BCUT2D eigenvalue weighted by atomic mass is 9.97. The Morgan fingerprint density at radius 3 is 2.77 bits per heavy atom. The summed E-state index contributed by atoms with van der Waals surface area (Å²) in [6, 6.07) is 12.4. The number of nitro benzene ring substituents is 1. The van der Waals surface area contributed by atoms with Crippen LogP contribution in [0.5, 0.6) is 5.75 Å². The van der Waals surface area contributed by atoms with Gasteiger partial charge in [-0.3, -0.25) is 14.9 Å². The lowest BCUT2D eigenvalue weighted by Crippen LogP contribution is -2.25. The first-order chi connectivity index (χ1) is 12.5. The fourth-order valence-electron chi connectivity index (χ4n) is 3.47. The molecule has 1 atom stereocenters. The molecule has 26 heavy (non-hydrogen) atoms. The summed E-state index contributed by atoms with van der Waals surface area (Å²) in [6.07, 6.45) is 0.921. The van der Waals surface area contributed by atoms with E-state index >= 15 is 0 Å². The predicted octanol–water partition coefficient (Wildman–Crippen LogP) is 2.96. The maximum Gasteiger partial charge on any atom is 0.270 e. The molecular formula is C19H21N3O4. The SMILES string of the molecule is CNC(=O)c1cc([N+](=O)[O-])ccc1N1CCC(c2ccccc2OC)C1. The van der Waals surface area contributed by atoms with Crippen molar-refractivity contribution in [2.75, 3.05) is 32.1 Å². The highest BCUT2D eigenvalue weighted by molar-refractivity contribution is 6.00. The Hall–Kier alpha value is -3.09. The van der Waals surface area contributed by atoms with E-state index in [1.807, 2.05) is 18.2 Å². The van der Waals surface area contributed by atoms with E-state index in [9.17, 15) is 14.9 Å². The molecule has 1 unspecified atom stereocenters. The quantitative estimate of drug-likeness (QED) is 0.658. The van der Waals surface area contributed by atoms with Crippen molar-refractivity contribution in [2.24, 2.45) is 0 Å². The molecule has 0 spiro atoms. The number of carbonyl (C=O) groups excluding carboxylic acids is 1. The molecule has 2 aromatic rings. The highest BCUT2D eigenvalue weighted by Gasteiger charge is 2.29. The van der Waals surface area contributed by atoms with Gasteiger partial charge in [0.15, 0.2) is 0 Å². The number of hydrogen-bond donors (Lipinski definition) is 1. The molecule has 7 nitrogen and oxygen atoms in total. The van der Waals surface area contributed by atoms with Gasteiger partial charge in [0, 0.05) is 38.2 Å². The van der Waals surface area contributed by atoms with Gasteiger partial charge in [0.1, 0.15) is 5.75 Å². The highest BCUT2D eigenvalue weighted by atomic mass is 16.6. The van der Waals surface area contributed by atoms with E-state index in [4.69, 9.17) is 4.74 Å². The molecule has 0 saturated carbocycles. The van der Waals surface area contributed by atoms with Crippen LogP contribution in [0, 0.1) is 10.1 Å². The number of methoxy groups -OCH3 is 1. The van der Waals surface area contributed by atoms with Crippen LogP contribution in [0.25, 0.3) is 0 Å². The summed E-state index contributed by atoms with van der Waals surface area (Å²) in [5, 5.41) is 13.6. The zero-order chi connectivity index (χ0) is 18.7. The van der Waals surface area contributed by atoms with Gasteiger partial charge in [-0.25, -0.2) is 0 Å². The molecule has 1 aliphatic rings. The van der Waals surface area contributed by atoms with Crippen LogP contribution in [-0.4, -0.2) is 38.1 Å². The van der Waals surface area contributed by atoms with Gasteiger partial charge in [-0.05, 0) is 24.1 Å². The van der Waals surface area contributed by atoms with E-state index in [2.05, 4.69) is 16.3 Å². The average Bonchev–Trinajstić information content (AvgIpc) is 3.16. The van der Waals surface area contributed by atoms with Crippen molar-refractivity contribution >= 4 is 17.3 Å². The molecule has 7 heteroatoms. The lowest BCUT2D eigenvalue weighted by Gasteiger charge is -2.22. The van der Waals surface area contributed by atoms with Gasteiger partial charge in [0.25, 0.3) is 11.6 Å². The first-order valence-corrected chi connectivity index (χ1v) is 8.43. The summed E-state index contributed by atoms with van der Waals surface area (Å²) in [4.78, 5) is 24.9. The zero-order valence-corrected chi connectivity index (χ0v) is 14.8. The second kappa shape index (κ2) is 7.43. The number of ether oxygens (including phenoxy) is 1. The van der Waals surface area contributed by atoms with Gasteiger partial charge in [-0.1, -0.05) is 18.2 Å². The highest BCUT2D eigenvalue weighted by Crippen LogP contribution is 2.37. The van der Waals surface area contributed by atoms with Gasteiger partial charge >= 0.3 is 0 Å². The lowest BCUT2D eigenvalue weighted by molar-refractivity contribution is -0.384. The smallest absolute Gasteiger partial charge is 0.270 e. The summed E-state index contributed by atoms with van der Waals surface area (Å²) in [5.41, 5.74) is 2.09. The Bertz CT molecular complexity index is 837. The number of anilines is 1. The molecular weight excluding hydrogens is 334 g/mol. The molecule has 136 valence electrons. The number of non-ortho nitro benzene ring substituents is 1. The third kappa shape index (κ3) is 3.33. The number of hydrogen-bond acceptors (Lipinski definition) is 5. The summed E-state index contributed by atoms with van der Waals surface area (Å²) >= 11 is 0. The molecule has 0 radical (unpaired) electrons. The number of rotatable bonds is 5. The topological polar surface area (TPSA) is 84.7 Å². The van der Waals surface area contributed by atoms with Crippen LogP contribution in [0.3, 0.4) is 0 Å². The fourth-order valence-corrected chi connectivity index (χ4v) is 3.47. The van der Waals surface area contributed by atoms with Crippen molar-refractivity contribution in [2.45, 2.75) is 12.3 Å². The maximum absolute atomic E-state index is 12.2. The second-order valence-corrected chi connectivity index (χ2v) is 6.21. The Kier molecular flexibility index (Phi) is 5.06. The molecule has 1 aliphatic heterocycles. The molecule has 1 saturated heterocycles. The van der Waals surface area contributed by atoms with Crippen molar-refractivity contribution in [3.63, 3.8) is 0 Å². The Balaban J connectivity index is 1.91. The van der Waals surface area contributed by atoms with E-state index in [0.29, 0.717) is 11.3 Å². The molecule has 1 amide bonds. The van der Waals surface area contributed by atoms with Crippen LogP contribution in [0.4, 0.5) is 11.4 Å². The monoisotopic (exact) mass is 355 g/mol. The van der Waals surface area contributed by atoms with Crippen LogP contribution in [0.2, 0.25) is 0 Å². The number of carbonyl (C=O) groups is 1. The van der Waals surface area contributed by atoms with Crippen molar-refractivity contribution in [3.05, 3.63) is 63.7 Å². The average molecular weight is 355 g/mol. The van der Waals surface area contributed by atoms with E-state index in [-0.39, 0.29) is 17.5 Å². The van der Waals surface area contributed by atoms with Crippen molar-refractivity contribution in [1.29, 1.82) is 0 Å². The number of benzene rings is 2. The summed E-state index contributed by atoms with van der Waals surface area (Å²) in [5.74, 6) is 0.804. The van der Waals surface area contributed by atoms with Crippen molar-refractivity contribution < 1.29 is 14.5 Å². The predicted molar refractivity (Wildman–Crippen MR) is 99.1 cm³/mol. The van der Waals surface area contributed by atoms with Crippen LogP contribution < -0.4 is 15.0 Å². The van der Waals surface area contributed by atoms with E-state index in [1.54, 1.807) is 13.2 Å². The normalized spacial score (nSPS) is 16.4. The summed E-state index contributed by atoms with van der Waals surface area (Å²) in [6.45, 7) is 1.49. The van der Waals surface area contributed by atoms with Crippen molar-refractivity contribution in [3.8, 4) is 5.75 Å². The molecule has 1 N–H and O–H groups in total. The molecule has 0 aliphatic carbocycles. The number of amides is 1. The first kappa shape index (κ1) is 17.7. The summed E-state index contributed by atoms with van der Waals surface area (Å²) < 4.78 is 5.46. The van der Waals surface area contributed by atoms with Crippen LogP contribution in [0.15, 0.2) is 42.5 Å². The molecule has 2 aromatic carbocycles. The number of para-hydroxylation sites is 1. The summed E-state index contributed by atoms with van der Waals surface area (Å²) in [7, 11) is 3.18. The number of nitrogens with zero attached hydrogens (tertiary/aromatic N) is 2. The van der Waals surface area contributed by atoms with Crippen LogP contribution in [-0.2, 0) is 0 Å². The molecule has 0 bridgehead atoms. The zero-order valence-electron chi connectivity index (χ0n) is 14.8. The van der Waals surface area contributed by atoms with Crippen LogP contribution in [0.1, 0.15) is 28.3 Å². The van der Waals surface area contributed by atoms with E-state index < -0.39 is 4.92 Å². The van der Waals surface area contributed by atoms with Gasteiger partial charge < -0.3 is 15.0 Å². The number of nitrogens with one attached hydrogen (secondary N) is 1. The largest absolute Gasteiger partial charge is 0.496 e. The first-order valence-electron chi connectivity index (χ1n) is 8.43. The maximum atomic E-state index is 12.2.